The van der Waals surface area contributed by atoms with Gasteiger partial charge in [0.15, 0.2) is 0 Å². The first-order valence-corrected chi connectivity index (χ1v) is 5.66. The third-order valence-electron chi connectivity index (χ3n) is 2.71. The van der Waals surface area contributed by atoms with Crippen molar-refractivity contribution in [3.63, 3.8) is 0 Å². The highest BCUT2D eigenvalue weighted by Gasteiger charge is 2.16. The standard InChI is InChI=1S/C13H16FN3/c1-9(2)17-13(10(7-15)8-16-17)11-5-3-4-6-12(11)14/h3-6,8-9H,7,15H2,1-2H3. The summed E-state index contributed by atoms with van der Waals surface area (Å²) < 4.78 is 15.6. The van der Waals surface area contributed by atoms with Gasteiger partial charge in [-0.1, -0.05) is 12.1 Å². The predicted molar refractivity (Wildman–Crippen MR) is 65.9 cm³/mol. The molecule has 3 nitrogen and oxygen atoms in total. The minimum atomic E-state index is -0.246. The van der Waals surface area contributed by atoms with Gasteiger partial charge in [-0.15, -0.1) is 0 Å². The fourth-order valence-corrected chi connectivity index (χ4v) is 1.89. The molecule has 2 rings (SSSR count). The summed E-state index contributed by atoms with van der Waals surface area (Å²) in [6.07, 6.45) is 1.71. The molecule has 0 bridgehead atoms. The average molecular weight is 233 g/mol. The Morgan fingerprint density at radius 1 is 1.35 bits per heavy atom. The van der Waals surface area contributed by atoms with Gasteiger partial charge in [0.1, 0.15) is 5.82 Å². The van der Waals surface area contributed by atoms with Crippen LogP contribution in [0.4, 0.5) is 4.39 Å². The van der Waals surface area contributed by atoms with Gasteiger partial charge in [-0.2, -0.15) is 5.10 Å². The molecule has 0 amide bonds. The molecule has 2 aromatic rings. The molecule has 0 saturated heterocycles. The van der Waals surface area contributed by atoms with E-state index in [0.717, 1.165) is 11.3 Å². The highest BCUT2D eigenvalue weighted by atomic mass is 19.1. The number of nitrogens with zero attached hydrogens (tertiary/aromatic N) is 2. The van der Waals surface area contributed by atoms with E-state index in [2.05, 4.69) is 5.10 Å². The topological polar surface area (TPSA) is 43.8 Å². The molecule has 0 unspecified atom stereocenters. The molecule has 0 aliphatic rings. The van der Waals surface area contributed by atoms with Crippen LogP contribution >= 0.6 is 0 Å². The van der Waals surface area contributed by atoms with Crippen molar-refractivity contribution in [2.45, 2.75) is 26.4 Å². The zero-order valence-corrected chi connectivity index (χ0v) is 10.0. The van der Waals surface area contributed by atoms with Crippen molar-refractivity contribution in [1.82, 2.24) is 9.78 Å². The van der Waals surface area contributed by atoms with Crippen LogP contribution in [0.15, 0.2) is 30.5 Å². The van der Waals surface area contributed by atoms with Crippen molar-refractivity contribution in [2.75, 3.05) is 0 Å². The summed E-state index contributed by atoms with van der Waals surface area (Å²) in [6, 6.07) is 6.87. The Balaban J connectivity index is 2.64. The Morgan fingerprint density at radius 3 is 2.65 bits per heavy atom. The predicted octanol–water partition coefficient (Wildman–Crippen LogP) is 2.73. The second-order valence-electron chi connectivity index (χ2n) is 4.24. The van der Waals surface area contributed by atoms with E-state index in [1.807, 2.05) is 19.9 Å². The lowest BCUT2D eigenvalue weighted by Gasteiger charge is -2.13. The van der Waals surface area contributed by atoms with Gasteiger partial charge in [0.05, 0.1) is 11.9 Å². The number of hydrogen-bond acceptors (Lipinski definition) is 2. The fourth-order valence-electron chi connectivity index (χ4n) is 1.89. The number of nitrogens with two attached hydrogens (primary N) is 1. The SMILES string of the molecule is CC(C)n1ncc(CN)c1-c1ccccc1F. The Morgan fingerprint density at radius 2 is 2.06 bits per heavy atom. The van der Waals surface area contributed by atoms with E-state index in [4.69, 9.17) is 5.73 Å². The molecule has 4 heteroatoms. The van der Waals surface area contributed by atoms with Crippen LogP contribution in [0, 0.1) is 5.82 Å². The normalized spacial score (nSPS) is 11.1. The van der Waals surface area contributed by atoms with Crippen molar-refractivity contribution in [3.8, 4) is 11.3 Å². The Bertz CT molecular complexity index is 517. The summed E-state index contributed by atoms with van der Waals surface area (Å²) in [6.45, 7) is 4.38. The molecule has 0 saturated carbocycles. The van der Waals surface area contributed by atoms with Gasteiger partial charge in [0.2, 0.25) is 0 Å². The molecule has 0 aliphatic carbocycles. The van der Waals surface area contributed by atoms with Crippen LogP contribution < -0.4 is 5.73 Å². The third kappa shape index (κ3) is 2.08. The zero-order chi connectivity index (χ0) is 12.4. The van der Waals surface area contributed by atoms with Crippen molar-refractivity contribution in [1.29, 1.82) is 0 Å². The van der Waals surface area contributed by atoms with Crippen LogP contribution in [0.2, 0.25) is 0 Å². The minimum Gasteiger partial charge on any atom is -0.326 e. The molecule has 1 heterocycles. The minimum absolute atomic E-state index is 0.171. The number of halogens is 1. The maximum absolute atomic E-state index is 13.8. The molecule has 1 aromatic heterocycles. The van der Waals surface area contributed by atoms with Crippen LogP contribution in [-0.2, 0) is 6.54 Å². The lowest BCUT2D eigenvalue weighted by atomic mass is 10.1. The maximum Gasteiger partial charge on any atom is 0.132 e. The number of benzene rings is 1. The number of hydrogen-bond donors (Lipinski definition) is 1. The smallest absolute Gasteiger partial charge is 0.132 e. The highest BCUT2D eigenvalue weighted by molar-refractivity contribution is 5.64. The van der Waals surface area contributed by atoms with E-state index in [1.54, 1.807) is 23.0 Å². The Labute approximate surface area is 100 Å². The first-order valence-electron chi connectivity index (χ1n) is 5.66. The molecule has 0 atom stereocenters. The van der Waals surface area contributed by atoms with Gasteiger partial charge in [-0.05, 0) is 26.0 Å². The summed E-state index contributed by atoms with van der Waals surface area (Å²) in [7, 11) is 0. The maximum atomic E-state index is 13.8. The molecule has 0 spiro atoms. The lowest BCUT2D eigenvalue weighted by molar-refractivity contribution is 0.535. The van der Waals surface area contributed by atoms with Crippen LogP contribution in [-0.4, -0.2) is 9.78 Å². The molecular weight excluding hydrogens is 217 g/mol. The van der Waals surface area contributed by atoms with Gasteiger partial charge in [0.25, 0.3) is 0 Å². The molecule has 0 aliphatic heterocycles. The number of aromatic nitrogens is 2. The van der Waals surface area contributed by atoms with Gasteiger partial charge in [-0.25, -0.2) is 4.39 Å². The van der Waals surface area contributed by atoms with E-state index in [9.17, 15) is 4.39 Å². The van der Waals surface area contributed by atoms with E-state index in [1.165, 1.54) is 6.07 Å². The monoisotopic (exact) mass is 233 g/mol. The van der Waals surface area contributed by atoms with Gasteiger partial charge < -0.3 is 5.73 Å². The molecule has 2 N–H and O–H groups in total. The van der Waals surface area contributed by atoms with E-state index in [-0.39, 0.29) is 11.9 Å². The van der Waals surface area contributed by atoms with Gasteiger partial charge in [-0.3, -0.25) is 4.68 Å². The first-order chi connectivity index (χ1) is 8.15. The third-order valence-corrected chi connectivity index (χ3v) is 2.71. The second-order valence-corrected chi connectivity index (χ2v) is 4.24. The van der Waals surface area contributed by atoms with E-state index >= 15 is 0 Å². The van der Waals surface area contributed by atoms with Crippen molar-refractivity contribution < 1.29 is 4.39 Å². The summed E-state index contributed by atoms with van der Waals surface area (Å²) >= 11 is 0. The van der Waals surface area contributed by atoms with Crippen LogP contribution in [0.3, 0.4) is 0 Å². The van der Waals surface area contributed by atoms with Crippen LogP contribution in [0.25, 0.3) is 11.3 Å². The summed E-state index contributed by atoms with van der Waals surface area (Å²) in [5, 5.41) is 4.27. The lowest BCUT2D eigenvalue weighted by Crippen LogP contribution is -2.07. The van der Waals surface area contributed by atoms with E-state index < -0.39 is 0 Å². The van der Waals surface area contributed by atoms with Crippen molar-refractivity contribution >= 4 is 0 Å². The fraction of sp³-hybridized carbons (Fsp3) is 0.308. The zero-order valence-electron chi connectivity index (χ0n) is 10.0. The summed E-state index contributed by atoms with van der Waals surface area (Å²) in [5.74, 6) is -0.246. The van der Waals surface area contributed by atoms with Crippen LogP contribution in [0.1, 0.15) is 25.5 Å². The average Bonchev–Trinajstić information content (AvgIpc) is 2.73. The second kappa shape index (κ2) is 4.67. The van der Waals surface area contributed by atoms with Crippen molar-refractivity contribution in [2.24, 2.45) is 5.73 Å². The molecule has 1 aromatic carbocycles. The quantitative estimate of drug-likeness (QED) is 0.885. The van der Waals surface area contributed by atoms with E-state index in [0.29, 0.717) is 12.1 Å². The summed E-state index contributed by atoms with van der Waals surface area (Å²) in [4.78, 5) is 0. The Kier molecular flexibility index (Phi) is 3.24. The molecule has 0 fully saturated rings. The summed E-state index contributed by atoms with van der Waals surface area (Å²) in [5.41, 5.74) is 7.87. The largest absolute Gasteiger partial charge is 0.326 e. The molecule has 90 valence electrons. The van der Waals surface area contributed by atoms with Crippen LogP contribution in [0.5, 0.6) is 0 Å². The van der Waals surface area contributed by atoms with Gasteiger partial charge >= 0.3 is 0 Å². The van der Waals surface area contributed by atoms with Gasteiger partial charge in [0, 0.05) is 23.7 Å². The number of rotatable bonds is 3. The highest BCUT2D eigenvalue weighted by Crippen LogP contribution is 2.28. The first kappa shape index (κ1) is 11.8. The van der Waals surface area contributed by atoms with Crippen molar-refractivity contribution in [3.05, 3.63) is 41.8 Å². The Hall–Kier alpha value is -1.68. The molecular formula is C13H16FN3. The molecule has 17 heavy (non-hydrogen) atoms. The molecule has 0 radical (unpaired) electrons.